The topological polar surface area (TPSA) is 59.8 Å². The molecular weight excluding hydrogens is 376 g/mol. The van der Waals surface area contributed by atoms with Gasteiger partial charge in [0.2, 0.25) is 11.9 Å². The highest BCUT2D eigenvalue weighted by molar-refractivity contribution is 5.92. The quantitative estimate of drug-likeness (QED) is 0.666. The molecule has 9 heteroatoms. The third kappa shape index (κ3) is 3.56. The number of pyridine rings is 1. The molecule has 0 atom stereocenters. The van der Waals surface area contributed by atoms with Gasteiger partial charge in [0.15, 0.2) is 5.65 Å². The zero-order valence-corrected chi connectivity index (χ0v) is 14.6. The Morgan fingerprint density at radius 2 is 1.82 bits per heavy atom. The first-order valence-corrected chi connectivity index (χ1v) is 8.82. The molecular formula is C19H16F4N4O. The number of fused-ring (bicyclic) bond motifs is 1. The van der Waals surface area contributed by atoms with Crippen molar-refractivity contribution in [3.05, 3.63) is 53.5 Å². The SMILES string of the molecule is O=C(Cc1ccc(F)cc1)Nc1nc2ccc(C(F)(F)F)nc2n1C1CCC1. The second-order valence-corrected chi connectivity index (χ2v) is 6.78. The first kappa shape index (κ1) is 18.4. The predicted molar refractivity (Wildman–Crippen MR) is 94.2 cm³/mol. The maximum atomic E-state index is 13.0. The fourth-order valence-corrected chi connectivity index (χ4v) is 3.17. The third-order valence-electron chi connectivity index (χ3n) is 4.80. The van der Waals surface area contributed by atoms with Crippen LogP contribution in [0.4, 0.5) is 23.5 Å². The van der Waals surface area contributed by atoms with Crippen LogP contribution in [-0.2, 0) is 17.4 Å². The van der Waals surface area contributed by atoms with Crippen molar-refractivity contribution < 1.29 is 22.4 Å². The van der Waals surface area contributed by atoms with E-state index in [1.165, 1.54) is 30.3 Å². The molecule has 0 unspecified atom stereocenters. The normalized spacial score (nSPS) is 14.9. The van der Waals surface area contributed by atoms with Crippen LogP contribution in [0, 0.1) is 5.82 Å². The highest BCUT2D eigenvalue weighted by Gasteiger charge is 2.34. The monoisotopic (exact) mass is 392 g/mol. The lowest BCUT2D eigenvalue weighted by atomic mass is 9.93. The minimum absolute atomic E-state index is 0.00458. The molecule has 2 aromatic heterocycles. The molecule has 0 bridgehead atoms. The van der Waals surface area contributed by atoms with E-state index < -0.39 is 23.6 Å². The van der Waals surface area contributed by atoms with E-state index in [0.29, 0.717) is 5.56 Å². The van der Waals surface area contributed by atoms with Gasteiger partial charge in [0.25, 0.3) is 0 Å². The average Bonchev–Trinajstić information content (AvgIpc) is 2.92. The Kier molecular flexibility index (Phi) is 4.52. The van der Waals surface area contributed by atoms with Gasteiger partial charge in [-0.1, -0.05) is 12.1 Å². The van der Waals surface area contributed by atoms with Gasteiger partial charge in [-0.25, -0.2) is 14.4 Å². The van der Waals surface area contributed by atoms with Crippen molar-refractivity contribution in [1.82, 2.24) is 14.5 Å². The van der Waals surface area contributed by atoms with Crippen LogP contribution in [0.3, 0.4) is 0 Å². The minimum Gasteiger partial charge on any atom is -0.296 e. The number of benzene rings is 1. The van der Waals surface area contributed by atoms with Crippen LogP contribution in [0.15, 0.2) is 36.4 Å². The molecule has 1 fully saturated rings. The van der Waals surface area contributed by atoms with Crippen molar-refractivity contribution in [2.75, 3.05) is 5.32 Å². The Morgan fingerprint density at radius 1 is 1.11 bits per heavy atom. The molecule has 4 rings (SSSR count). The van der Waals surface area contributed by atoms with Crippen LogP contribution in [0.2, 0.25) is 0 Å². The summed E-state index contributed by atoms with van der Waals surface area (Å²) in [6.07, 6.45) is -2.05. The lowest BCUT2D eigenvalue weighted by Gasteiger charge is -2.28. The summed E-state index contributed by atoms with van der Waals surface area (Å²) < 4.78 is 53.7. The number of hydrogen-bond donors (Lipinski definition) is 1. The molecule has 1 aliphatic rings. The summed E-state index contributed by atoms with van der Waals surface area (Å²) in [5.41, 5.74) is 0.0148. The zero-order valence-electron chi connectivity index (χ0n) is 14.6. The van der Waals surface area contributed by atoms with E-state index in [0.717, 1.165) is 25.3 Å². The third-order valence-corrected chi connectivity index (χ3v) is 4.80. The number of carbonyl (C=O) groups is 1. The van der Waals surface area contributed by atoms with Gasteiger partial charge in [-0.2, -0.15) is 13.2 Å². The number of halogens is 4. The number of nitrogens with zero attached hydrogens (tertiary/aromatic N) is 3. The minimum atomic E-state index is -4.56. The predicted octanol–water partition coefficient (Wildman–Crippen LogP) is 4.50. The van der Waals surface area contributed by atoms with Gasteiger partial charge in [-0.3, -0.25) is 14.7 Å². The molecule has 1 aliphatic carbocycles. The molecule has 1 N–H and O–H groups in total. The van der Waals surface area contributed by atoms with Crippen LogP contribution in [0.25, 0.3) is 11.2 Å². The van der Waals surface area contributed by atoms with Crippen molar-refractivity contribution in [3.63, 3.8) is 0 Å². The van der Waals surface area contributed by atoms with Gasteiger partial charge in [0.05, 0.1) is 6.42 Å². The van der Waals surface area contributed by atoms with E-state index in [2.05, 4.69) is 15.3 Å². The number of imidazole rings is 1. The molecule has 1 aromatic carbocycles. The van der Waals surface area contributed by atoms with E-state index in [1.807, 2.05) is 0 Å². The van der Waals surface area contributed by atoms with Crippen LogP contribution in [-0.4, -0.2) is 20.4 Å². The van der Waals surface area contributed by atoms with Crippen molar-refractivity contribution >= 4 is 23.0 Å². The molecule has 2 heterocycles. The van der Waals surface area contributed by atoms with Gasteiger partial charge in [0, 0.05) is 6.04 Å². The fraction of sp³-hybridized carbons (Fsp3) is 0.316. The summed E-state index contributed by atoms with van der Waals surface area (Å²) in [5, 5.41) is 2.67. The summed E-state index contributed by atoms with van der Waals surface area (Å²) >= 11 is 0. The van der Waals surface area contributed by atoms with Gasteiger partial charge in [0.1, 0.15) is 17.0 Å². The molecule has 0 spiro atoms. The van der Waals surface area contributed by atoms with Gasteiger partial charge >= 0.3 is 6.18 Å². The molecule has 1 amide bonds. The van der Waals surface area contributed by atoms with Crippen molar-refractivity contribution in [2.24, 2.45) is 0 Å². The number of carbonyl (C=O) groups excluding carboxylic acids is 1. The number of rotatable bonds is 4. The number of anilines is 1. The standard InChI is InChI=1S/C19H16F4N4O/c20-12-6-4-11(5-7-12)10-16(28)26-18-24-14-8-9-15(19(21,22)23)25-17(14)27(18)13-2-1-3-13/h4-9,13H,1-3,10H2,(H,24,26,28). The van der Waals surface area contributed by atoms with Gasteiger partial charge < -0.3 is 0 Å². The second kappa shape index (κ2) is 6.88. The lowest BCUT2D eigenvalue weighted by Crippen LogP contribution is -2.23. The van der Waals surface area contributed by atoms with Crippen LogP contribution < -0.4 is 5.32 Å². The molecule has 3 aromatic rings. The van der Waals surface area contributed by atoms with Crippen molar-refractivity contribution in [3.8, 4) is 0 Å². The van der Waals surface area contributed by atoms with Crippen molar-refractivity contribution in [1.29, 1.82) is 0 Å². The Bertz CT molecular complexity index is 1020. The number of alkyl halides is 3. The Morgan fingerprint density at radius 3 is 2.43 bits per heavy atom. The number of amides is 1. The molecule has 0 radical (unpaired) electrons. The fourth-order valence-electron chi connectivity index (χ4n) is 3.17. The summed E-state index contributed by atoms with van der Waals surface area (Å²) in [6, 6.07) is 7.61. The maximum absolute atomic E-state index is 13.0. The summed E-state index contributed by atoms with van der Waals surface area (Å²) in [5.74, 6) is -0.611. The summed E-state index contributed by atoms with van der Waals surface area (Å²) in [7, 11) is 0. The summed E-state index contributed by atoms with van der Waals surface area (Å²) in [6.45, 7) is 0. The van der Waals surface area contributed by atoms with Crippen LogP contribution in [0.5, 0.6) is 0 Å². The van der Waals surface area contributed by atoms with Gasteiger partial charge in [-0.05, 0) is 49.1 Å². The Hall–Kier alpha value is -2.97. The van der Waals surface area contributed by atoms with Gasteiger partial charge in [-0.15, -0.1) is 0 Å². The lowest BCUT2D eigenvalue weighted by molar-refractivity contribution is -0.141. The van der Waals surface area contributed by atoms with E-state index in [9.17, 15) is 22.4 Å². The molecule has 146 valence electrons. The molecule has 0 saturated heterocycles. The molecule has 5 nitrogen and oxygen atoms in total. The number of aromatic nitrogens is 3. The van der Waals surface area contributed by atoms with E-state index in [4.69, 9.17) is 0 Å². The van der Waals surface area contributed by atoms with Crippen LogP contribution in [0.1, 0.15) is 36.6 Å². The first-order chi connectivity index (χ1) is 13.3. The van der Waals surface area contributed by atoms with Crippen LogP contribution >= 0.6 is 0 Å². The van der Waals surface area contributed by atoms with Crippen molar-refractivity contribution in [2.45, 2.75) is 37.9 Å². The zero-order chi connectivity index (χ0) is 19.9. The number of nitrogens with one attached hydrogen (secondary N) is 1. The highest BCUT2D eigenvalue weighted by atomic mass is 19.4. The smallest absolute Gasteiger partial charge is 0.296 e. The highest BCUT2D eigenvalue weighted by Crippen LogP contribution is 2.37. The maximum Gasteiger partial charge on any atom is 0.433 e. The summed E-state index contributed by atoms with van der Waals surface area (Å²) in [4.78, 5) is 20.4. The average molecular weight is 392 g/mol. The molecule has 28 heavy (non-hydrogen) atoms. The number of hydrogen-bond acceptors (Lipinski definition) is 3. The first-order valence-electron chi connectivity index (χ1n) is 8.82. The van der Waals surface area contributed by atoms with E-state index in [-0.39, 0.29) is 29.6 Å². The molecule has 0 aliphatic heterocycles. The Balaban J connectivity index is 1.65. The molecule has 1 saturated carbocycles. The van der Waals surface area contributed by atoms with E-state index in [1.54, 1.807) is 4.57 Å². The van der Waals surface area contributed by atoms with E-state index >= 15 is 0 Å². The Labute approximate surface area is 157 Å². The largest absolute Gasteiger partial charge is 0.433 e. The second-order valence-electron chi connectivity index (χ2n) is 6.78.